The Morgan fingerprint density at radius 1 is 1.04 bits per heavy atom. The minimum atomic E-state index is 0.121. The van der Waals surface area contributed by atoms with Crippen molar-refractivity contribution in [3.05, 3.63) is 29.8 Å². The zero-order valence-corrected chi connectivity index (χ0v) is 16.7. The molecule has 2 unspecified atom stereocenters. The standard InChI is InChI=1S/C22H31N3O3/c1-28-20-4-2-3-16(13-20)14-21(26)24-7-9-25(10-8-24)22(27)15-17-11-18-5-6-19(12-17)23-18/h2-4,13,17-19,23H,5-12,14-15H2,1H3. The fourth-order valence-electron chi connectivity index (χ4n) is 4.99. The van der Waals surface area contributed by atoms with E-state index in [4.69, 9.17) is 4.74 Å². The molecular formula is C22H31N3O3. The number of nitrogens with zero attached hydrogens (tertiary/aromatic N) is 2. The summed E-state index contributed by atoms with van der Waals surface area (Å²) in [5.74, 6) is 1.69. The molecule has 2 atom stereocenters. The van der Waals surface area contributed by atoms with Gasteiger partial charge in [-0.1, -0.05) is 12.1 Å². The zero-order chi connectivity index (χ0) is 19.5. The van der Waals surface area contributed by atoms with Gasteiger partial charge in [-0.3, -0.25) is 9.59 Å². The summed E-state index contributed by atoms with van der Waals surface area (Å²) in [5.41, 5.74) is 0.961. The maximum atomic E-state index is 12.7. The molecule has 6 heteroatoms. The lowest BCUT2D eigenvalue weighted by molar-refractivity contribution is -0.140. The SMILES string of the molecule is COc1cccc(CC(=O)N2CCN(C(=O)CC3CC4CCC(C3)N4)CC2)c1. The van der Waals surface area contributed by atoms with Crippen LogP contribution in [0.5, 0.6) is 5.75 Å². The highest BCUT2D eigenvalue weighted by molar-refractivity contribution is 5.80. The molecule has 4 rings (SSSR count). The van der Waals surface area contributed by atoms with E-state index in [-0.39, 0.29) is 11.8 Å². The second kappa shape index (κ2) is 8.52. The number of fused-ring (bicyclic) bond motifs is 2. The van der Waals surface area contributed by atoms with Crippen molar-refractivity contribution in [3.63, 3.8) is 0 Å². The van der Waals surface area contributed by atoms with Crippen LogP contribution < -0.4 is 10.1 Å². The molecule has 1 aromatic rings. The highest BCUT2D eigenvalue weighted by atomic mass is 16.5. The van der Waals surface area contributed by atoms with E-state index in [1.807, 2.05) is 34.1 Å². The van der Waals surface area contributed by atoms with E-state index in [0.717, 1.165) is 24.2 Å². The molecule has 28 heavy (non-hydrogen) atoms. The molecule has 6 nitrogen and oxygen atoms in total. The number of amides is 2. The first-order chi connectivity index (χ1) is 13.6. The number of piperidine rings is 1. The first-order valence-corrected chi connectivity index (χ1v) is 10.5. The van der Waals surface area contributed by atoms with Crippen molar-refractivity contribution in [2.75, 3.05) is 33.3 Å². The first kappa shape index (κ1) is 19.2. The number of benzene rings is 1. The van der Waals surface area contributed by atoms with E-state index in [1.54, 1.807) is 7.11 Å². The Morgan fingerprint density at radius 3 is 2.32 bits per heavy atom. The summed E-state index contributed by atoms with van der Waals surface area (Å²) in [5, 5.41) is 3.64. The summed E-state index contributed by atoms with van der Waals surface area (Å²) in [7, 11) is 1.63. The molecule has 152 valence electrons. The van der Waals surface area contributed by atoms with Crippen molar-refractivity contribution in [1.29, 1.82) is 0 Å². The average molecular weight is 386 g/mol. The lowest BCUT2D eigenvalue weighted by Gasteiger charge is -2.36. The number of ether oxygens (including phenoxy) is 1. The van der Waals surface area contributed by atoms with Gasteiger partial charge in [0, 0.05) is 44.7 Å². The molecule has 3 heterocycles. The van der Waals surface area contributed by atoms with Gasteiger partial charge in [0.15, 0.2) is 0 Å². The van der Waals surface area contributed by atoms with Gasteiger partial charge in [0.25, 0.3) is 0 Å². The summed E-state index contributed by atoms with van der Waals surface area (Å²) in [4.78, 5) is 29.2. The highest BCUT2D eigenvalue weighted by Gasteiger charge is 2.35. The summed E-state index contributed by atoms with van der Waals surface area (Å²) in [6.07, 6.45) is 5.87. The van der Waals surface area contributed by atoms with Gasteiger partial charge >= 0.3 is 0 Å². The quantitative estimate of drug-likeness (QED) is 0.840. The summed E-state index contributed by atoms with van der Waals surface area (Å²) in [6, 6.07) is 8.90. The Kier molecular flexibility index (Phi) is 5.85. The smallest absolute Gasteiger partial charge is 0.227 e. The van der Waals surface area contributed by atoms with E-state index in [2.05, 4.69) is 5.32 Å². The summed E-state index contributed by atoms with van der Waals surface area (Å²) >= 11 is 0. The predicted octanol–water partition coefficient (Wildman–Crippen LogP) is 1.83. The van der Waals surface area contributed by atoms with Gasteiger partial charge in [0.2, 0.25) is 11.8 Å². The third kappa shape index (κ3) is 4.49. The maximum Gasteiger partial charge on any atom is 0.227 e. The second-order valence-electron chi connectivity index (χ2n) is 8.47. The highest BCUT2D eigenvalue weighted by Crippen LogP contribution is 2.33. The number of piperazine rings is 1. The molecule has 0 aromatic heterocycles. The second-order valence-corrected chi connectivity index (χ2v) is 8.47. The number of methoxy groups -OCH3 is 1. The summed E-state index contributed by atoms with van der Waals surface area (Å²) in [6.45, 7) is 2.57. The van der Waals surface area contributed by atoms with Crippen LogP contribution >= 0.6 is 0 Å². The fraction of sp³-hybridized carbons (Fsp3) is 0.636. The van der Waals surface area contributed by atoms with Gasteiger partial charge in [0.05, 0.1) is 13.5 Å². The number of carbonyl (C=O) groups is 2. The largest absolute Gasteiger partial charge is 0.497 e. The van der Waals surface area contributed by atoms with Gasteiger partial charge in [-0.15, -0.1) is 0 Å². The van der Waals surface area contributed by atoms with E-state index in [1.165, 1.54) is 12.8 Å². The zero-order valence-electron chi connectivity index (χ0n) is 16.7. The third-order valence-corrected chi connectivity index (χ3v) is 6.51. The van der Waals surface area contributed by atoms with Crippen LogP contribution in [-0.4, -0.2) is 67.0 Å². The molecule has 2 bridgehead atoms. The number of hydrogen-bond donors (Lipinski definition) is 1. The Balaban J connectivity index is 1.23. The molecular weight excluding hydrogens is 354 g/mol. The molecule has 2 amide bonds. The van der Waals surface area contributed by atoms with Crippen molar-refractivity contribution in [3.8, 4) is 5.75 Å². The van der Waals surface area contributed by atoms with Crippen LogP contribution in [0.3, 0.4) is 0 Å². The Bertz CT molecular complexity index is 703. The van der Waals surface area contributed by atoms with Crippen molar-refractivity contribution < 1.29 is 14.3 Å². The molecule has 0 saturated carbocycles. The molecule has 1 N–H and O–H groups in total. The predicted molar refractivity (Wildman–Crippen MR) is 107 cm³/mol. The first-order valence-electron chi connectivity index (χ1n) is 10.5. The molecule has 3 saturated heterocycles. The van der Waals surface area contributed by atoms with Crippen LogP contribution in [0.25, 0.3) is 0 Å². The van der Waals surface area contributed by atoms with Crippen LogP contribution in [0.4, 0.5) is 0 Å². The van der Waals surface area contributed by atoms with Crippen LogP contribution in [0.1, 0.15) is 37.7 Å². The minimum Gasteiger partial charge on any atom is -0.497 e. The third-order valence-electron chi connectivity index (χ3n) is 6.51. The number of nitrogens with one attached hydrogen (secondary N) is 1. The van der Waals surface area contributed by atoms with E-state index in [9.17, 15) is 9.59 Å². The lowest BCUT2D eigenvalue weighted by atomic mass is 9.89. The number of carbonyl (C=O) groups excluding carboxylic acids is 2. The molecule has 0 radical (unpaired) electrons. The topological polar surface area (TPSA) is 61.9 Å². The average Bonchev–Trinajstić information content (AvgIpc) is 3.06. The molecule has 3 aliphatic rings. The summed E-state index contributed by atoms with van der Waals surface area (Å²) < 4.78 is 5.23. The number of rotatable bonds is 5. The lowest BCUT2D eigenvalue weighted by Crippen LogP contribution is -2.51. The van der Waals surface area contributed by atoms with Crippen LogP contribution in [0.15, 0.2) is 24.3 Å². The monoisotopic (exact) mass is 385 g/mol. The number of hydrogen-bond acceptors (Lipinski definition) is 4. The molecule has 1 aromatic carbocycles. The normalized spacial score (nSPS) is 27.0. The molecule has 3 aliphatic heterocycles. The van der Waals surface area contributed by atoms with E-state index in [0.29, 0.717) is 57.0 Å². The van der Waals surface area contributed by atoms with Gasteiger partial charge in [-0.05, 0) is 49.3 Å². The van der Waals surface area contributed by atoms with Crippen molar-refractivity contribution in [2.45, 2.75) is 50.6 Å². The van der Waals surface area contributed by atoms with Crippen LogP contribution in [-0.2, 0) is 16.0 Å². The van der Waals surface area contributed by atoms with Gasteiger partial charge < -0.3 is 19.9 Å². The molecule has 0 spiro atoms. The van der Waals surface area contributed by atoms with Gasteiger partial charge in [-0.25, -0.2) is 0 Å². The van der Waals surface area contributed by atoms with Gasteiger partial charge in [0.1, 0.15) is 5.75 Å². The van der Waals surface area contributed by atoms with E-state index < -0.39 is 0 Å². The maximum absolute atomic E-state index is 12.7. The van der Waals surface area contributed by atoms with Crippen LogP contribution in [0.2, 0.25) is 0 Å². The van der Waals surface area contributed by atoms with Crippen molar-refractivity contribution in [1.82, 2.24) is 15.1 Å². The Hall–Kier alpha value is -2.08. The minimum absolute atomic E-state index is 0.121. The van der Waals surface area contributed by atoms with Gasteiger partial charge in [-0.2, -0.15) is 0 Å². The molecule has 3 fully saturated rings. The van der Waals surface area contributed by atoms with Crippen molar-refractivity contribution in [2.24, 2.45) is 5.92 Å². The van der Waals surface area contributed by atoms with E-state index >= 15 is 0 Å². The van der Waals surface area contributed by atoms with Crippen LogP contribution in [0, 0.1) is 5.92 Å². The van der Waals surface area contributed by atoms with Crippen molar-refractivity contribution >= 4 is 11.8 Å². The Labute approximate surface area is 167 Å². The fourth-order valence-corrected chi connectivity index (χ4v) is 4.99. The molecule has 0 aliphatic carbocycles. The Morgan fingerprint density at radius 2 is 1.68 bits per heavy atom.